The van der Waals surface area contributed by atoms with Gasteiger partial charge in [0.15, 0.2) is 0 Å². The fourth-order valence-corrected chi connectivity index (χ4v) is 1.67. The first-order chi connectivity index (χ1) is 6.99. The van der Waals surface area contributed by atoms with Gasteiger partial charge in [-0.15, -0.1) is 0 Å². The molecule has 1 atom stereocenters. The highest BCUT2D eigenvalue weighted by Crippen LogP contribution is 2.19. The number of halogens is 1. The van der Waals surface area contributed by atoms with E-state index in [0.29, 0.717) is 6.61 Å². The van der Waals surface area contributed by atoms with E-state index < -0.39 is 0 Å². The van der Waals surface area contributed by atoms with Crippen molar-refractivity contribution in [3.05, 3.63) is 34.3 Å². The molecule has 3 heteroatoms. The number of hydrogen-bond acceptors (Lipinski definition) is 2. The highest BCUT2D eigenvalue weighted by atomic mass is 35.5. The molecule has 0 aliphatic heterocycles. The van der Waals surface area contributed by atoms with Crippen LogP contribution in [-0.2, 0) is 4.74 Å². The Hall–Kier alpha value is -0.570. The van der Waals surface area contributed by atoms with Gasteiger partial charge in [0.2, 0.25) is 0 Å². The summed E-state index contributed by atoms with van der Waals surface area (Å²) in [6.45, 7) is 6.52. The molecule has 2 N–H and O–H groups in total. The van der Waals surface area contributed by atoms with Gasteiger partial charge in [0.25, 0.3) is 0 Å². The van der Waals surface area contributed by atoms with Crippen LogP contribution in [0.1, 0.15) is 31.0 Å². The van der Waals surface area contributed by atoms with E-state index in [1.165, 1.54) is 0 Å². The lowest BCUT2D eigenvalue weighted by Crippen LogP contribution is -2.19. The van der Waals surface area contributed by atoms with E-state index in [2.05, 4.69) is 0 Å². The van der Waals surface area contributed by atoms with Gasteiger partial charge in [-0.05, 0) is 44.0 Å². The SMILES string of the molecule is Cc1cc(Cl)cc(C(N)COC(C)C)c1. The zero-order valence-electron chi connectivity index (χ0n) is 9.46. The van der Waals surface area contributed by atoms with Crippen molar-refractivity contribution in [2.75, 3.05) is 6.61 Å². The van der Waals surface area contributed by atoms with Crippen molar-refractivity contribution in [2.24, 2.45) is 5.73 Å². The topological polar surface area (TPSA) is 35.2 Å². The average Bonchev–Trinajstić information content (AvgIpc) is 2.12. The molecule has 0 fully saturated rings. The second-order valence-electron chi connectivity index (χ2n) is 4.05. The third-order valence-corrected chi connectivity index (χ3v) is 2.32. The monoisotopic (exact) mass is 227 g/mol. The summed E-state index contributed by atoms with van der Waals surface area (Å²) >= 11 is 5.96. The summed E-state index contributed by atoms with van der Waals surface area (Å²) in [6.07, 6.45) is 0.205. The van der Waals surface area contributed by atoms with Crippen molar-refractivity contribution < 1.29 is 4.74 Å². The summed E-state index contributed by atoms with van der Waals surface area (Å²) in [4.78, 5) is 0. The molecule has 0 aliphatic rings. The van der Waals surface area contributed by atoms with Gasteiger partial charge in [-0.25, -0.2) is 0 Å². The van der Waals surface area contributed by atoms with Gasteiger partial charge in [-0.3, -0.25) is 0 Å². The third-order valence-electron chi connectivity index (χ3n) is 2.10. The van der Waals surface area contributed by atoms with Gasteiger partial charge in [0, 0.05) is 5.02 Å². The number of hydrogen-bond donors (Lipinski definition) is 1. The van der Waals surface area contributed by atoms with Crippen LogP contribution < -0.4 is 5.73 Å². The van der Waals surface area contributed by atoms with Crippen molar-refractivity contribution in [2.45, 2.75) is 32.9 Å². The minimum Gasteiger partial charge on any atom is -0.377 e. The van der Waals surface area contributed by atoms with Crippen LogP contribution in [0.3, 0.4) is 0 Å². The first-order valence-corrected chi connectivity index (χ1v) is 5.51. The van der Waals surface area contributed by atoms with E-state index in [1.54, 1.807) is 0 Å². The van der Waals surface area contributed by atoms with Gasteiger partial charge in [-0.1, -0.05) is 17.7 Å². The highest BCUT2D eigenvalue weighted by Gasteiger charge is 2.08. The van der Waals surface area contributed by atoms with Crippen LogP contribution in [0.4, 0.5) is 0 Å². The van der Waals surface area contributed by atoms with Crippen LogP contribution in [0.2, 0.25) is 5.02 Å². The molecule has 2 nitrogen and oxygen atoms in total. The smallest absolute Gasteiger partial charge is 0.0662 e. The molecule has 0 spiro atoms. The Kier molecular flexibility index (Phi) is 4.58. The van der Waals surface area contributed by atoms with Crippen molar-refractivity contribution in [3.8, 4) is 0 Å². The van der Waals surface area contributed by atoms with Gasteiger partial charge >= 0.3 is 0 Å². The van der Waals surface area contributed by atoms with Crippen LogP contribution in [0.15, 0.2) is 18.2 Å². The molecule has 0 radical (unpaired) electrons. The van der Waals surface area contributed by atoms with E-state index in [1.807, 2.05) is 39.0 Å². The Balaban J connectivity index is 2.68. The quantitative estimate of drug-likeness (QED) is 0.858. The standard InChI is InChI=1S/C12H18ClNO/c1-8(2)15-7-12(14)10-4-9(3)5-11(13)6-10/h4-6,8,12H,7,14H2,1-3H3. The number of ether oxygens (including phenoxy) is 1. The second kappa shape index (κ2) is 5.50. The number of aryl methyl sites for hydroxylation is 1. The normalized spacial score (nSPS) is 13.2. The average molecular weight is 228 g/mol. The molecular formula is C12H18ClNO. The first kappa shape index (κ1) is 12.5. The molecule has 0 bridgehead atoms. The van der Waals surface area contributed by atoms with Crippen molar-refractivity contribution in [3.63, 3.8) is 0 Å². The van der Waals surface area contributed by atoms with E-state index in [9.17, 15) is 0 Å². The van der Waals surface area contributed by atoms with Gasteiger partial charge in [0.05, 0.1) is 18.8 Å². The minimum atomic E-state index is -0.107. The lowest BCUT2D eigenvalue weighted by molar-refractivity contribution is 0.0683. The number of benzene rings is 1. The Morgan fingerprint density at radius 1 is 1.33 bits per heavy atom. The summed E-state index contributed by atoms with van der Waals surface area (Å²) in [5, 5.41) is 0.727. The molecule has 0 saturated carbocycles. The van der Waals surface area contributed by atoms with Crippen LogP contribution in [0.25, 0.3) is 0 Å². The maximum absolute atomic E-state index is 6.00. The van der Waals surface area contributed by atoms with Crippen LogP contribution in [0.5, 0.6) is 0 Å². The first-order valence-electron chi connectivity index (χ1n) is 5.13. The summed E-state index contributed by atoms with van der Waals surface area (Å²) in [6, 6.07) is 5.74. The van der Waals surface area contributed by atoms with Crippen molar-refractivity contribution in [1.29, 1.82) is 0 Å². The van der Waals surface area contributed by atoms with Crippen molar-refractivity contribution in [1.82, 2.24) is 0 Å². The summed E-state index contributed by atoms with van der Waals surface area (Å²) in [5.74, 6) is 0. The van der Waals surface area contributed by atoms with E-state index in [0.717, 1.165) is 16.1 Å². The largest absolute Gasteiger partial charge is 0.377 e. The summed E-state index contributed by atoms with van der Waals surface area (Å²) in [5.41, 5.74) is 8.15. The van der Waals surface area contributed by atoms with Crippen LogP contribution in [0, 0.1) is 6.92 Å². The second-order valence-corrected chi connectivity index (χ2v) is 4.49. The molecule has 0 aliphatic carbocycles. The maximum Gasteiger partial charge on any atom is 0.0662 e. The minimum absolute atomic E-state index is 0.107. The zero-order chi connectivity index (χ0) is 11.4. The van der Waals surface area contributed by atoms with Gasteiger partial charge in [0.1, 0.15) is 0 Å². The fourth-order valence-electron chi connectivity index (χ4n) is 1.37. The predicted octanol–water partition coefficient (Wildman–Crippen LogP) is 3.07. The molecule has 1 rings (SSSR count). The van der Waals surface area contributed by atoms with Crippen molar-refractivity contribution >= 4 is 11.6 Å². The Morgan fingerprint density at radius 3 is 2.53 bits per heavy atom. The molecule has 0 aromatic heterocycles. The van der Waals surface area contributed by atoms with E-state index in [-0.39, 0.29) is 12.1 Å². The fraction of sp³-hybridized carbons (Fsp3) is 0.500. The predicted molar refractivity (Wildman–Crippen MR) is 64.2 cm³/mol. The third kappa shape index (κ3) is 4.20. The lowest BCUT2D eigenvalue weighted by Gasteiger charge is -2.15. The highest BCUT2D eigenvalue weighted by molar-refractivity contribution is 6.30. The number of rotatable bonds is 4. The Labute approximate surface area is 96.4 Å². The molecule has 1 aromatic rings. The van der Waals surface area contributed by atoms with E-state index in [4.69, 9.17) is 22.1 Å². The van der Waals surface area contributed by atoms with Gasteiger partial charge < -0.3 is 10.5 Å². The Morgan fingerprint density at radius 2 is 2.00 bits per heavy atom. The molecular weight excluding hydrogens is 210 g/mol. The molecule has 1 aromatic carbocycles. The molecule has 0 heterocycles. The maximum atomic E-state index is 6.00. The molecule has 0 amide bonds. The zero-order valence-corrected chi connectivity index (χ0v) is 10.2. The van der Waals surface area contributed by atoms with Crippen LogP contribution >= 0.6 is 11.6 Å². The molecule has 1 unspecified atom stereocenters. The summed E-state index contributed by atoms with van der Waals surface area (Å²) in [7, 11) is 0. The molecule has 15 heavy (non-hydrogen) atoms. The Bertz CT molecular complexity index is 305. The molecule has 0 saturated heterocycles. The van der Waals surface area contributed by atoms with E-state index >= 15 is 0 Å². The lowest BCUT2D eigenvalue weighted by atomic mass is 10.1. The summed E-state index contributed by atoms with van der Waals surface area (Å²) < 4.78 is 5.47. The van der Waals surface area contributed by atoms with Crippen LogP contribution in [-0.4, -0.2) is 12.7 Å². The van der Waals surface area contributed by atoms with Gasteiger partial charge in [-0.2, -0.15) is 0 Å². The number of nitrogens with two attached hydrogens (primary N) is 1. The molecule has 84 valence electrons.